The largest absolute Gasteiger partial charge is 0.459 e. The fraction of sp³-hybridized carbons (Fsp3) is 0.818. The van der Waals surface area contributed by atoms with Gasteiger partial charge in [0.1, 0.15) is 24.4 Å². The normalized spacial score (nSPS) is 30.0. The summed E-state index contributed by atoms with van der Waals surface area (Å²) in [5.41, 5.74) is 0. The van der Waals surface area contributed by atoms with Crippen LogP contribution in [0.5, 0.6) is 0 Å². The van der Waals surface area contributed by atoms with Crippen molar-refractivity contribution in [1.82, 2.24) is 0 Å². The van der Waals surface area contributed by atoms with Gasteiger partial charge < -0.3 is 18.9 Å². The Hall–Kier alpha value is -2.12. The Labute approximate surface area is 178 Å². The van der Waals surface area contributed by atoms with Crippen molar-refractivity contribution in [3.8, 4) is 0 Å². The van der Waals surface area contributed by atoms with E-state index in [9.17, 15) is 19.2 Å². The van der Waals surface area contributed by atoms with E-state index in [1.165, 1.54) is 0 Å². The zero-order chi connectivity index (χ0) is 22.5. The molecule has 0 aromatic carbocycles. The van der Waals surface area contributed by atoms with Gasteiger partial charge in [-0.3, -0.25) is 19.2 Å². The van der Waals surface area contributed by atoms with Gasteiger partial charge in [-0.1, -0.05) is 12.8 Å². The topological polar surface area (TPSA) is 105 Å². The molecule has 0 aromatic rings. The van der Waals surface area contributed by atoms with Crippen LogP contribution in [0.3, 0.4) is 0 Å². The molecule has 0 radical (unpaired) electrons. The summed E-state index contributed by atoms with van der Waals surface area (Å²) in [4.78, 5) is 47.8. The number of carbonyl (C=O) groups excluding carboxylic acids is 4. The van der Waals surface area contributed by atoms with Gasteiger partial charge in [-0.2, -0.15) is 0 Å². The zero-order valence-electron chi connectivity index (χ0n) is 18.6. The molecule has 0 aromatic heterocycles. The lowest BCUT2D eigenvalue weighted by Crippen LogP contribution is -2.31. The number of esters is 4. The molecule has 172 valence electrons. The molecule has 1 heterocycles. The third kappa shape index (κ3) is 11.2. The number of cyclic esters (lactones) is 4. The van der Waals surface area contributed by atoms with Crippen molar-refractivity contribution in [2.45, 2.75) is 116 Å². The second-order valence-corrected chi connectivity index (χ2v) is 7.90. The summed E-state index contributed by atoms with van der Waals surface area (Å²) in [6, 6.07) is 0. The number of rotatable bonds is 0. The van der Waals surface area contributed by atoms with Gasteiger partial charge in [0.2, 0.25) is 0 Å². The molecule has 0 spiro atoms. The van der Waals surface area contributed by atoms with Crippen LogP contribution in [0.1, 0.15) is 91.9 Å². The molecule has 0 N–H and O–H groups in total. The summed E-state index contributed by atoms with van der Waals surface area (Å²) in [6.07, 6.45) is 2.56. The van der Waals surface area contributed by atoms with Crippen LogP contribution in [-0.2, 0) is 38.1 Å². The highest BCUT2D eigenvalue weighted by molar-refractivity contribution is 5.71. The van der Waals surface area contributed by atoms with Gasteiger partial charge in [0.25, 0.3) is 0 Å². The summed E-state index contributed by atoms with van der Waals surface area (Å²) >= 11 is 0. The van der Waals surface area contributed by atoms with Crippen molar-refractivity contribution in [2.24, 2.45) is 0 Å². The number of ether oxygens (including phenoxy) is 4. The Kier molecular flexibility index (Phi) is 12.1. The maximum absolute atomic E-state index is 11.9. The molecular weight excluding hydrogens is 392 g/mol. The van der Waals surface area contributed by atoms with Crippen molar-refractivity contribution in [3.63, 3.8) is 0 Å². The first-order chi connectivity index (χ1) is 14.2. The van der Waals surface area contributed by atoms with E-state index in [-0.39, 0.29) is 49.6 Å². The van der Waals surface area contributed by atoms with Crippen LogP contribution in [0, 0.1) is 0 Å². The molecule has 1 fully saturated rings. The van der Waals surface area contributed by atoms with Gasteiger partial charge in [0.05, 0.1) is 0 Å². The van der Waals surface area contributed by atoms with E-state index in [4.69, 9.17) is 18.9 Å². The minimum atomic E-state index is -0.535. The summed E-state index contributed by atoms with van der Waals surface area (Å²) in [5, 5.41) is 0. The summed E-state index contributed by atoms with van der Waals surface area (Å²) in [6.45, 7) is 6.77. The van der Waals surface area contributed by atoms with Crippen molar-refractivity contribution >= 4 is 23.9 Å². The van der Waals surface area contributed by atoms with Crippen LogP contribution in [0.15, 0.2) is 0 Å². The third-order valence-corrected chi connectivity index (χ3v) is 5.12. The lowest BCUT2D eigenvalue weighted by Gasteiger charge is -2.21. The molecular formula is C22H36O8. The minimum Gasteiger partial charge on any atom is -0.459 e. The monoisotopic (exact) mass is 428 g/mol. The molecule has 1 rings (SSSR count). The number of hydrogen-bond donors (Lipinski definition) is 0. The average Bonchev–Trinajstić information content (AvgIpc) is 2.66. The lowest BCUT2D eigenvalue weighted by atomic mass is 10.1. The molecule has 30 heavy (non-hydrogen) atoms. The lowest BCUT2D eigenvalue weighted by molar-refractivity contribution is -0.166. The maximum atomic E-state index is 11.9. The summed E-state index contributed by atoms with van der Waals surface area (Å²) in [7, 11) is 0. The van der Waals surface area contributed by atoms with Crippen LogP contribution in [0.25, 0.3) is 0 Å². The van der Waals surface area contributed by atoms with E-state index < -0.39 is 24.4 Å². The molecule has 1 saturated heterocycles. The molecule has 8 heteroatoms. The van der Waals surface area contributed by atoms with Crippen LogP contribution >= 0.6 is 0 Å². The van der Waals surface area contributed by atoms with E-state index in [2.05, 4.69) is 0 Å². The molecule has 0 bridgehead atoms. The van der Waals surface area contributed by atoms with Crippen molar-refractivity contribution < 1.29 is 38.1 Å². The number of carbonyl (C=O) groups is 4. The highest BCUT2D eigenvalue weighted by atomic mass is 16.6. The summed E-state index contributed by atoms with van der Waals surface area (Å²) < 4.78 is 21.3. The fourth-order valence-electron chi connectivity index (χ4n) is 2.88. The Bertz CT molecular complexity index is 475. The van der Waals surface area contributed by atoms with Crippen LogP contribution in [0.4, 0.5) is 0 Å². The van der Waals surface area contributed by atoms with Gasteiger partial charge in [-0.05, 0) is 53.4 Å². The Balaban J connectivity index is 2.59. The Morgan fingerprint density at radius 1 is 0.433 bits per heavy atom. The summed E-state index contributed by atoms with van der Waals surface area (Å²) in [5.74, 6) is -1.39. The predicted octanol–water partition coefficient (Wildman–Crippen LogP) is 3.63. The molecule has 1 aliphatic heterocycles. The van der Waals surface area contributed by atoms with Crippen molar-refractivity contribution in [2.75, 3.05) is 0 Å². The predicted molar refractivity (Wildman–Crippen MR) is 108 cm³/mol. The standard InChI is InChI=1S/C22H36O8/c1-15-16(2)28-20(24)12-8-6-10-14-22(26)30-18(4)17(3)29-21(25)13-9-5-7-11-19(23)27-15/h15-18H,5-14H2,1-4H3. The van der Waals surface area contributed by atoms with Gasteiger partial charge in [0.15, 0.2) is 0 Å². The molecule has 0 aliphatic carbocycles. The smallest absolute Gasteiger partial charge is 0.306 e. The number of hydrogen-bond acceptors (Lipinski definition) is 8. The first kappa shape index (κ1) is 25.9. The van der Waals surface area contributed by atoms with E-state index in [1.54, 1.807) is 27.7 Å². The van der Waals surface area contributed by atoms with Gasteiger partial charge in [-0.15, -0.1) is 0 Å². The fourth-order valence-corrected chi connectivity index (χ4v) is 2.88. The first-order valence-corrected chi connectivity index (χ1v) is 11.0. The van der Waals surface area contributed by atoms with Crippen LogP contribution in [-0.4, -0.2) is 48.3 Å². The Morgan fingerprint density at radius 2 is 0.633 bits per heavy atom. The first-order valence-electron chi connectivity index (χ1n) is 11.0. The second kappa shape index (κ2) is 14.0. The second-order valence-electron chi connectivity index (χ2n) is 7.90. The van der Waals surface area contributed by atoms with Gasteiger partial charge >= 0.3 is 23.9 Å². The molecule has 4 unspecified atom stereocenters. The van der Waals surface area contributed by atoms with Crippen LogP contribution in [0.2, 0.25) is 0 Å². The van der Waals surface area contributed by atoms with Crippen LogP contribution < -0.4 is 0 Å². The van der Waals surface area contributed by atoms with Crippen molar-refractivity contribution in [3.05, 3.63) is 0 Å². The van der Waals surface area contributed by atoms with E-state index >= 15 is 0 Å². The molecule has 1 aliphatic rings. The van der Waals surface area contributed by atoms with Crippen molar-refractivity contribution in [1.29, 1.82) is 0 Å². The third-order valence-electron chi connectivity index (χ3n) is 5.12. The van der Waals surface area contributed by atoms with Gasteiger partial charge in [-0.25, -0.2) is 0 Å². The highest BCUT2D eigenvalue weighted by Gasteiger charge is 2.22. The molecule has 0 saturated carbocycles. The van der Waals surface area contributed by atoms with Gasteiger partial charge in [0, 0.05) is 25.7 Å². The quantitative estimate of drug-likeness (QED) is 0.425. The molecule has 8 nitrogen and oxygen atoms in total. The minimum absolute atomic E-state index is 0.240. The molecule has 4 atom stereocenters. The Morgan fingerprint density at radius 3 is 0.833 bits per heavy atom. The van der Waals surface area contributed by atoms with E-state index in [0.29, 0.717) is 38.5 Å². The zero-order valence-corrected chi connectivity index (χ0v) is 18.6. The SMILES string of the molecule is CC1OC(=O)CCCCCC(=O)OC(C)C(C)OC(=O)CCCCCC(=O)OC1C. The maximum Gasteiger partial charge on any atom is 0.306 e. The molecule has 0 amide bonds. The highest BCUT2D eigenvalue weighted by Crippen LogP contribution is 2.13. The van der Waals surface area contributed by atoms with E-state index in [0.717, 1.165) is 0 Å². The average molecular weight is 429 g/mol. The van der Waals surface area contributed by atoms with E-state index in [1.807, 2.05) is 0 Å².